The molecule has 1 aliphatic heterocycles. The average molecular weight is 260 g/mol. The number of benzene rings is 1. The number of carbonyl (C=O) groups excluding carboxylic acids is 1. The molecule has 0 saturated carbocycles. The first-order valence-corrected chi connectivity index (χ1v) is 7.28. The van der Waals surface area contributed by atoms with Gasteiger partial charge in [-0.1, -0.05) is 37.6 Å². The van der Waals surface area contributed by atoms with E-state index in [9.17, 15) is 4.79 Å². The second-order valence-electron chi connectivity index (χ2n) is 5.33. The quantitative estimate of drug-likeness (QED) is 0.871. The highest BCUT2D eigenvalue weighted by Crippen LogP contribution is 2.28. The summed E-state index contributed by atoms with van der Waals surface area (Å²) in [4.78, 5) is 11.7. The maximum atomic E-state index is 11.7. The molecule has 1 aliphatic rings. The standard InChI is InChI=1S/C16H24N2O/c1-3-4-12-5-7-13(8-6-12)14-9-10-18-15(11-14)16(19)17-2/h5-8,14-15,18H,3-4,9-11H2,1-2H3,(H,17,19). The fraction of sp³-hybridized carbons (Fsp3) is 0.562. The summed E-state index contributed by atoms with van der Waals surface area (Å²) in [6, 6.07) is 8.90. The normalized spacial score (nSPS) is 23.1. The van der Waals surface area contributed by atoms with Gasteiger partial charge in [0, 0.05) is 7.05 Å². The Morgan fingerprint density at radius 3 is 2.74 bits per heavy atom. The van der Waals surface area contributed by atoms with E-state index in [-0.39, 0.29) is 11.9 Å². The van der Waals surface area contributed by atoms with Gasteiger partial charge in [-0.2, -0.15) is 0 Å². The molecule has 1 fully saturated rings. The second-order valence-corrected chi connectivity index (χ2v) is 5.33. The van der Waals surface area contributed by atoms with Crippen LogP contribution in [0, 0.1) is 0 Å². The Labute approximate surface area is 115 Å². The van der Waals surface area contributed by atoms with Crippen LogP contribution < -0.4 is 10.6 Å². The van der Waals surface area contributed by atoms with Crippen molar-refractivity contribution in [1.29, 1.82) is 0 Å². The number of amides is 1. The molecule has 0 aliphatic carbocycles. The van der Waals surface area contributed by atoms with Crippen LogP contribution in [0.25, 0.3) is 0 Å². The molecule has 1 saturated heterocycles. The van der Waals surface area contributed by atoms with E-state index in [0.29, 0.717) is 5.92 Å². The maximum Gasteiger partial charge on any atom is 0.236 e. The monoisotopic (exact) mass is 260 g/mol. The van der Waals surface area contributed by atoms with Crippen LogP contribution in [-0.2, 0) is 11.2 Å². The Morgan fingerprint density at radius 1 is 1.37 bits per heavy atom. The van der Waals surface area contributed by atoms with Crippen LogP contribution in [0.3, 0.4) is 0 Å². The van der Waals surface area contributed by atoms with Gasteiger partial charge in [0.1, 0.15) is 0 Å². The first kappa shape index (κ1) is 14.1. The third-order valence-corrected chi connectivity index (χ3v) is 3.96. The molecular formula is C16H24N2O. The predicted octanol–water partition coefficient (Wildman–Crippen LogP) is 2.22. The Morgan fingerprint density at radius 2 is 2.11 bits per heavy atom. The molecule has 1 amide bonds. The topological polar surface area (TPSA) is 41.1 Å². The van der Waals surface area contributed by atoms with Crippen molar-refractivity contribution in [2.24, 2.45) is 0 Å². The lowest BCUT2D eigenvalue weighted by atomic mass is 9.85. The Hall–Kier alpha value is -1.35. The predicted molar refractivity (Wildman–Crippen MR) is 78.3 cm³/mol. The highest BCUT2D eigenvalue weighted by Gasteiger charge is 2.26. The molecule has 104 valence electrons. The first-order chi connectivity index (χ1) is 9.24. The number of hydrogen-bond donors (Lipinski definition) is 2. The highest BCUT2D eigenvalue weighted by molar-refractivity contribution is 5.81. The van der Waals surface area contributed by atoms with Crippen LogP contribution in [-0.4, -0.2) is 25.5 Å². The van der Waals surface area contributed by atoms with E-state index in [0.717, 1.165) is 25.8 Å². The third-order valence-electron chi connectivity index (χ3n) is 3.96. The molecule has 3 heteroatoms. The summed E-state index contributed by atoms with van der Waals surface area (Å²) in [6.07, 6.45) is 4.34. The molecule has 0 bridgehead atoms. The van der Waals surface area contributed by atoms with Crippen molar-refractivity contribution in [3.63, 3.8) is 0 Å². The molecule has 2 N–H and O–H groups in total. The minimum absolute atomic E-state index is 0.0425. The van der Waals surface area contributed by atoms with E-state index in [1.165, 1.54) is 17.5 Å². The lowest BCUT2D eigenvalue weighted by Crippen LogP contribution is -2.47. The van der Waals surface area contributed by atoms with Gasteiger partial charge in [-0.3, -0.25) is 4.79 Å². The summed E-state index contributed by atoms with van der Waals surface area (Å²) in [5.74, 6) is 0.603. The second kappa shape index (κ2) is 6.71. The molecule has 2 unspecified atom stereocenters. The van der Waals surface area contributed by atoms with E-state index in [1.54, 1.807) is 7.05 Å². The lowest BCUT2D eigenvalue weighted by molar-refractivity contribution is -0.123. The molecule has 2 atom stereocenters. The van der Waals surface area contributed by atoms with E-state index < -0.39 is 0 Å². The molecule has 19 heavy (non-hydrogen) atoms. The van der Waals surface area contributed by atoms with Gasteiger partial charge in [0.05, 0.1) is 6.04 Å². The van der Waals surface area contributed by atoms with Crippen molar-refractivity contribution in [1.82, 2.24) is 10.6 Å². The molecule has 0 aromatic heterocycles. The Bertz CT molecular complexity index is 413. The van der Waals surface area contributed by atoms with E-state index in [4.69, 9.17) is 0 Å². The largest absolute Gasteiger partial charge is 0.358 e. The van der Waals surface area contributed by atoms with Crippen molar-refractivity contribution in [2.45, 2.75) is 44.6 Å². The molecular weight excluding hydrogens is 236 g/mol. The van der Waals surface area contributed by atoms with Crippen molar-refractivity contribution in [3.05, 3.63) is 35.4 Å². The molecule has 2 rings (SSSR count). The number of aryl methyl sites for hydroxylation is 1. The molecule has 0 spiro atoms. The van der Waals surface area contributed by atoms with E-state index >= 15 is 0 Å². The summed E-state index contributed by atoms with van der Waals surface area (Å²) in [5.41, 5.74) is 2.78. The molecule has 1 heterocycles. The summed E-state index contributed by atoms with van der Waals surface area (Å²) >= 11 is 0. The number of hydrogen-bond acceptors (Lipinski definition) is 2. The van der Waals surface area contributed by atoms with Gasteiger partial charge in [0.15, 0.2) is 0 Å². The van der Waals surface area contributed by atoms with Gasteiger partial charge in [0.25, 0.3) is 0 Å². The fourth-order valence-corrected chi connectivity index (χ4v) is 2.84. The van der Waals surface area contributed by atoms with Crippen LogP contribution in [0.4, 0.5) is 0 Å². The fourth-order valence-electron chi connectivity index (χ4n) is 2.84. The molecule has 1 aromatic carbocycles. The van der Waals surface area contributed by atoms with E-state index in [1.807, 2.05) is 0 Å². The number of piperidine rings is 1. The van der Waals surface area contributed by atoms with Gasteiger partial charge in [-0.25, -0.2) is 0 Å². The van der Waals surface area contributed by atoms with Crippen molar-refractivity contribution >= 4 is 5.91 Å². The average Bonchev–Trinajstić information content (AvgIpc) is 2.48. The molecule has 0 radical (unpaired) electrons. The maximum absolute atomic E-state index is 11.7. The zero-order valence-corrected chi connectivity index (χ0v) is 11.9. The van der Waals surface area contributed by atoms with Gasteiger partial charge < -0.3 is 10.6 Å². The van der Waals surface area contributed by atoms with Crippen molar-refractivity contribution in [2.75, 3.05) is 13.6 Å². The van der Waals surface area contributed by atoms with Crippen LogP contribution >= 0.6 is 0 Å². The van der Waals surface area contributed by atoms with Gasteiger partial charge >= 0.3 is 0 Å². The van der Waals surface area contributed by atoms with Crippen molar-refractivity contribution in [3.8, 4) is 0 Å². The number of likely N-dealkylation sites (N-methyl/N-ethyl adjacent to an activating group) is 1. The zero-order valence-electron chi connectivity index (χ0n) is 11.9. The highest BCUT2D eigenvalue weighted by atomic mass is 16.2. The smallest absolute Gasteiger partial charge is 0.236 e. The summed E-state index contributed by atoms with van der Waals surface area (Å²) in [7, 11) is 1.70. The summed E-state index contributed by atoms with van der Waals surface area (Å²) in [6.45, 7) is 3.12. The number of nitrogens with one attached hydrogen (secondary N) is 2. The number of carbonyl (C=O) groups is 1. The van der Waals surface area contributed by atoms with Crippen molar-refractivity contribution < 1.29 is 4.79 Å². The SMILES string of the molecule is CCCc1ccc(C2CCNC(C(=O)NC)C2)cc1. The van der Waals surface area contributed by atoms with Crippen LogP contribution in [0.1, 0.15) is 43.2 Å². The molecule has 3 nitrogen and oxygen atoms in total. The Kier molecular flexibility index (Phi) is 4.97. The van der Waals surface area contributed by atoms with Crippen LogP contribution in [0.15, 0.2) is 24.3 Å². The van der Waals surface area contributed by atoms with Crippen LogP contribution in [0.2, 0.25) is 0 Å². The minimum Gasteiger partial charge on any atom is -0.358 e. The minimum atomic E-state index is -0.0425. The van der Waals surface area contributed by atoms with Crippen LogP contribution in [0.5, 0.6) is 0 Å². The third kappa shape index (κ3) is 3.57. The van der Waals surface area contributed by atoms with Gasteiger partial charge in [-0.15, -0.1) is 0 Å². The zero-order chi connectivity index (χ0) is 13.7. The lowest BCUT2D eigenvalue weighted by Gasteiger charge is -2.29. The van der Waals surface area contributed by atoms with E-state index in [2.05, 4.69) is 41.8 Å². The summed E-state index contributed by atoms with van der Waals surface area (Å²) in [5, 5.41) is 6.02. The molecule has 1 aromatic rings. The first-order valence-electron chi connectivity index (χ1n) is 7.28. The Balaban J connectivity index is 2.02. The van der Waals surface area contributed by atoms with Gasteiger partial charge in [-0.05, 0) is 42.9 Å². The summed E-state index contributed by atoms with van der Waals surface area (Å²) < 4.78 is 0. The number of rotatable bonds is 4. The van der Waals surface area contributed by atoms with Gasteiger partial charge in [0.2, 0.25) is 5.91 Å².